The van der Waals surface area contributed by atoms with E-state index in [0.717, 1.165) is 40.9 Å². The van der Waals surface area contributed by atoms with E-state index in [9.17, 15) is 9.90 Å². The summed E-state index contributed by atoms with van der Waals surface area (Å²) in [6, 6.07) is 16.1. The number of ketones is 1. The van der Waals surface area contributed by atoms with Crippen LogP contribution in [0.25, 0.3) is 22.5 Å². The van der Waals surface area contributed by atoms with Gasteiger partial charge in [-0.15, -0.1) is 10.2 Å². The van der Waals surface area contributed by atoms with Gasteiger partial charge in [-0.05, 0) is 42.2 Å². The Kier molecular flexibility index (Phi) is 6.20. The molecule has 0 saturated heterocycles. The predicted octanol–water partition coefficient (Wildman–Crippen LogP) is 4.16. The maximum atomic E-state index is 12.5. The Bertz CT molecular complexity index is 1250. The van der Waals surface area contributed by atoms with Crippen LogP contribution in [-0.2, 0) is 18.6 Å². The first-order chi connectivity index (χ1) is 15.8. The quantitative estimate of drug-likeness (QED) is 0.395. The van der Waals surface area contributed by atoms with Gasteiger partial charge in [0.05, 0.1) is 0 Å². The smallest absolute Gasteiger partial charge is 0.205 e. The van der Waals surface area contributed by atoms with Gasteiger partial charge in [0.15, 0.2) is 5.78 Å². The molecule has 0 atom stereocenters. The number of aromatic nitrogens is 6. The molecule has 8 nitrogen and oxygen atoms in total. The Balaban J connectivity index is 1.70. The molecule has 2 aromatic carbocycles. The zero-order valence-electron chi connectivity index (χ0n) is 19.3. The fraction of sp³-hybridized carbons (Fsp3) is 0.320. The van der Waals surface area contributed by atoms with Crippen LogP contribution in [0.2, 0.25) is 0 Å². The number of carbonyl (C=O) groups is 1. The number of carbonyl (C=O) groups excluding carboxylic acids is 1. The summed E-state index contributed by atoms with van der Waals surface area (Å²) in [7, 11) is 0. The first-order valence-corrected chi connectivity index (χ1v) is 11.0. The lowest BCUT2D eigenvalue weighted by Gasteiger charge is -2.17. The van der Waals surface area contributed by atoms with Gasteiger partial charge < -0.3 is 9.67 Å². The normalized spacial score (nSPS) is 11.7. The van der Waals surface area contributed by atoms with Crippen LogP contribution in [0, 0.1) is 0 Å². The summed E-state index contributed by atoms with van der Waals surface area (Å²) in [6.45, 7) is 7.43. The van der Waals surface area contributed by atoms with E-state index in [0.29, 0.717) is 23.8 Å². The minimum Gasteiger partial charge on any atom is -0.384 e. The number of nitrogens with one attached hydrogen (secondary N) is 1. The van der Waals surface area contributed by atoms with Gasteiger partial charge in [-0.3, -0.25) is 4.79 Å². The maximum Gasteiger partial charge on any atom is 0.205 e. The number of aryl methyl sites for hydroxylation is 1. The summed E-state index contributed by atoms with van der Waals surface area (Å²) < 4.78 is 1.95. The average Bonchev–Trinajstić information content (AvgIpc) is 3.43. The third kappa shape index (κ3) is 4.61. The Hall–Kier alpha value is -3.65. The Labute approximate surface area is 192 Å². The number of aromatic amines is 1. The summed E-state index contributed by atoms with van der Waals surface area (Å²) >= 11 is 0. The van der Waals surface area contributed by atoms with Gasteiger partial charge in [-0.2, -0.15) is 5.21 Å². The number of tetrazole rings is 1. The molecule has 0 aliphatic heterocycles. The molecule has 170 valence electrons. The third-order valence-corrected chi connectivity index (χ3v) is 5.55. The van der Waals surface area contributed by atoms with Crippen LogP contribution in [0.1, 0.15) is 61.7 Å². The van der Waals surface area contributed by atoms with Crippen LogP contribution in [0.4, 0.5) is 0 Å². The van der Waals surface area contributed by atoms with Gasteiger partial charge in [0.2, 0.25) is 5.82 Å². The molecular formula is C25H28N6O2. The van der Waals surface area contributed by atoms with Crippen molar-refractivity contribution in [2.24, 2.45) is 0 Å². The van der Waals surface area contributed by atoms with Gasteiger partial charge in [-0.1, -0.05) is 55.5 Å². The SMILES string of the molecule is CCCc1nc(C(C)(C)O)c(C(C)=O)n1Cc1ccc(-c2ccccc2-c2nn[nH]n2)cc1. The molecule has 0 bridgehead atoms. The molecule has 8 heteroatoms. The molecule has 0 radical (unpaired) electrons. The monoisotopic (exact) mass is 444 g/mol. The van der Waals surface area contributed by atoms with Crippen molar-refractivity contribution in [2.45, 2.75) is 52.7 Å². The second kappa shape index (κ2) is 9.07. The van der Waals surface area contributed by atoms with Gasteiger partial charge >= 0.3 is 0 Å². The van der Waals surface area contributed by atoms with E-state index in [1.54, 1.807) is 13.8 Å². The number of aliphatic hydroxyl groups is 1. The van der Waals surface area contributed by atoms with Crippen LogP contribution in [0.3, 0.4) is 0 Å². The Morgan fingerprint density at radius 2 is 1.79 bits per heavy atom. The van der Waals surface area contributed by atoms with Crippen LogP contribution in [-0.4, -0.2) is 41.1 Å². The number of benzene rings is 2. The zero-order chi connectivity index (χ0) is 23.6. The highest BCUT2D eigenvalue weighted by molar-refractivity contribution is 5.94. The van der Waals surface area contributed by atoms with E-state index in [1.165, 1.54) is 6.92 Å². The predicted molar refractivity (Wildman–Crippen MR) is 126 cm³/mol. The molecule has 2 aromatic heterocycles. The number of hydrogen-bond acceptors (Lipinski definition) is 6. The molecule has 0 spiro atoms. The van der Waals surface area contributed by atoms with E-state index < -0.39 is 5.60 Å². The fourth-order valence-corrected chi connectivity index (χ4v) is 4.05. The molecule has 33 heavy (non-hydrogen) atoms. The van der Waals surface area contributed by atoms with Crippen molar-refractivity contribution >= 4 is 5.78 Å². The molecule has 4 aromatic rings. The molecule has 0 fully saturated rings. The molecule has 0 amide bonds. The van der Waals surface area contributed by atoms with Crippen molar-refractivity contribution in [3.8, 4) is 22.5 Å². The lowest BCUT2D eigenvalue weighted by Crippen LogP contribution is -2.21. The molecule has 0 unspecified atom stereocenters. The van der Waals surface area contributed by atoms with Gasteiger partial charge in [-0.25, -0.2) is 4.98 Å². The molecule has 4 rings (SSSR count). The van der Waals surface area contributed by atoms with Crippen molar-refractivity contribution in [3.05, 3.63) is 71.3 Å². The van der Waals surface area contributed by atoms with Crippen LogP contribution < -0.4 is 0 Å². The molecular weight excluding hydrogens is 416 g/mol. The lowest BCUT2D eigenvalue weighted by atomic mass is 9.98. The second-order valence-electron chi connectivity index (χ2n) is 8.65. The Morgan fingerprint density at radius 1 is 1.09 bits per heavy atom. The highest BCUT2D eigenvalue weighted by atomic mass is 16.3. The summed E-state index contributed by atoms with van der Waals surface area (Å²) in [6.07, 6.45) is 1.62. The van der Waals surface area contributed by atoms with Gasteiger partial charge in [0, 0.05) is 25.5 Å². The summed E-state index contributed by atoms with van der Waals surface area (Å²) in [5.74, 6) is 1.25. The van der Waals surface area contributed by atoms with Crippen molar-refractivity contribution < 1.29 is 9.90 Å². The van der Waals surface area contributed by atoms with E-state index in [-0.39, 0.29) is 5.78 Å². The van der Waals surface area contributed by atoms with Crippen molar-refractivity contribution in [1.29, 1.82) is 0 Å². The minimum atomic E-state index is -1.20. The molecule has 2 heterocycles. The number of imidazole rings is 1. The first kappa shape index (κ1) is 22.5. The topological polar surface area (TPSA) is 110 Å². The number of hydrogen-bond donors (Lipinski definition) is 2. The largest absolute Gasteiger partial charge is 0.384 e. The molecule has 0 saturated carbocycles. The molecule has 2 N–H and O–H groups in total. The van der Waals surface area contributed by atoms with Crippen LogP contribution >= 0.6 is 0 Å². The van der Waals surface area contributed by atoms with Crippen LogP contribution in [0.5, 0.6) is 0 Å². The van der Waals surface area contributed by atoms with E-state index in [2.05, 4.69) is 44.7 Å². The van der Waals surface area contributed by atoms with Gasteiger partial charge in [0.1, 0.15) is 22.8 Å². The minimum absolute atomic E-state index is 0.104. The lowest BCUT2D eigenvalue weighted by molar-refractivity contribution is 0.0713. The highest BCUT2D eigenvalue weighted by Crippen LogP contribution is 2.30. The number of H-pyrrole nitrogens is 1. The second-order valence-corrected chi connectivity index (χ2v) is 8.65. The number of nitrogens with zero attached hydrogens (tertiary/aromatic N) is 5. The standard InChI is InChI=1S/C25H28N6O2/c1-5-8-21-26-23(25(3,4)33)22(16(2)32)31(21)15-17-11-13-18(14-12-17)19-9-6-7-10-20(19)24-27-29-30-28-24/h6-7,9-14,33H,5,8,15H2,1-4H3,(H,27,28,29,30). The molecule has 0 aliphatic carbocycles. The average molecular weight is 445 g/mol. The van der Waals surface area contributed by atoms with Gasteiger partial charge in [0.25, 0.3) is 0 Å². The maximum absolute atomic E-state index is 12.5. The third-order valence-electron chi connectivity index (χ3n) is 5.55. The summed E-state index contributed by atoms with van der Waals surface area (Å²) in [5.41, 5.74) is 3.68. The highest BCUT2D eigenvalue weighted by Gasteiger charge is 2.29. The van der Waals surface area contributed by atoms with Crippen LogP contribution in [0.15, 0.2) is 48.5 Å². The fourth-order valence-electron chi connectivity index (χ4n) is 4.05. The van der Waals surface area contributed by atoms with Crippen molar-refractivity contribution in [1.82, 2.24) is 30.2 Å². The number of Topliss-reactive ketones (excluding diaryl/α,β-unsaturated/α-hetero) is 1. The van der Waals surface area contributed by atoms with Crippen molar-refractivity contribution in [3.63, 3.8) is 0 Å². The van der Waals surface area contributed by atoms with E-state index >= 15 is 0 Å². The van der Waals surface area contributed by atoms with E-state index in [4.69, 9.17) is 0 Å². The van der Waals surface area contributed by atoms with Crippen molar-refractivity contribution in [2.75, 3.05) is 0 Å². The summed E-state index contributed by atoms with van der Waals surface area (Å²) in [5, 5.41) is 25.0. The zero-order valence-corrected chi connectivity index (χ0v) is 19.3. The Morgan fingerprint density at radius 3 is 2.36 bits per heavy atom. The summed E-state index contributed by atoms with van der Waals surface area (Å²) in [4.78, 5) is 17.2. The first-order valence-electron chi connectivity index (χ1n) is 11.0. The number of rotatable bonds is 8. The molecule has 0 aliphatic rings. The van der Waals surface area contributed by atoms with E-state index in [1.807, 2.05) is 41.0 Å².